The maximum atomic E-state index is 13.8. The van der Waals surface area contributed by atoms with E-state index in [0.29, 0.717) is 0 Å². The van der Waals surface area contributed by atoms with Gasteiger partial charge in [-0.3, -0.25) is 43.2 Å². The first kappa shape index (κ1) is 45.5. The predicted octanol–water partition coefficient (Wildman–Crippen LogP) is -2.17. The molecular weight excluding hydrogens is 728 g/mol. The van der Waals surface area contributed by atoms with Gasteiger partial charge in [-0.05, 0) is 31.4 Å². The minimum absolute atomic E-state index is 0.0213. The lowest BCUT2D eigenvalue weighted by Gasteiger charge is -2.45. The Bertz CT molecular complexity index is 1570. The van der Waals surface area contributed by atoms with Gasteiger partial charge in [-0.15, -0.1) is 0 Å². The van der Waals surface area contributed by atoms with Crippen molar-refractivity contribution < 1.29 is 67.2 Å². The van der Waals surface area contributed by atoms with E-state index in [2.05, 4.69) is 26.6 Å². The van der Waals surface area contributed by atoms with Gasteiger partial charge in [0, 0.05) is 33.3 Å². The van der Waals surface area contributed by atoms with Crippen molar-refractivity contribution in [2.45, 2.75) is 116 Å². The van der Waals surface area contributed by atoms with Crippen LogP contribution in [0.25, 0.3) is 0 Å². The summed E-state index contributed by atoms with van der Waals surface area (Å²) in [5.74, 6) is -8.00. The summed E-state index contributed by atoms with van der Waals surface area (Å²) in [4.78, 5) is 114. The first-order valence-corrected chi connectivity index (χ1v) is 17.3. The Hall–Kier alpha value is -5.63. The van der Waals surface area contributed by atoms with Gasteiger partial charge in [0.05, 0.1) is 12.5 Å². The number of benzene rings is 1. The molecule has 0 aliphatic carbocycles. The summed E-state index contributed by atoms with van der Waals surface area (Å²) in [5, 5.41) is 22.2. The van der Waals surface area contributed by atoms with E-state index in [9.17, 15) is 48.3 Å². The number of carbonyl (C=O) groups is 9. The monoisotopic (exact) mass is 778 g/mol. The SMILES string of the molecule is CC(=O)N[C@@H]1[C@@H](OC(C)=O)[C@H](OC(C)=O)[C@@H](COC(C)=O)O[C@H]1NC(=O)C[C@H](NC(=O)c1ccccc1)C(=O)N[C@@H](CC(C)C)C(=O)N[C@H](C(N)=O)[C@@H](C)O. The van der Waals surface area contributed by atoms with E-state index >= 15 is 0 Å². The molecule has 8 N–H and O–H groups in total. The third kappa shape index (κ3) is 15.0. The van der Waals surface area contributed by atoms with E-state index in [1.54, 1.807) is 32.0 Å². The molecule has 1 aliphatic rings. The molecule has 1 aliphatic heterocycles. The molecule has 0 aromatic heterocycles. The molecule has 1 aromatic rings. The largest absolute Gasteiger partial charge is 0.463 e. The minimum atomic E-state index is -1.67. The van der Waals surface area contributed by atoms with Crippen molar-refractivity contribution in [1.82, 2.24) is 26.6 Å². The maximum absolute atomic E-state index is 13.8. The standard InChI is InChI=1S/C35H50N6O14/c1-16(2)13-23(34(51)41-27(17(3)42)31(36)48)39-33(50)24(38-32(49)22-11-9-8-10-12-22)14-26(47)40-35-28(37-18(4)43)30(54-21(7)46)29(53-20(6)45)25(55-35)15-52-19(5)44/h8-12,16-17,23-25,27-30,35,42H,13-15H2,1-7H3,(H2,36,48)(H,37,43)(H,38,49)(H,39,50)(H,40,47)(H,41,51)/t17-,23+,24+,25-,27+,28-,29-,30-,35-/m1/s1. The smallest absolute Gasteiger partial charge is 0.303 e. The molecule has 1 fully saturated rings. The Morgan fingerprint density at radius 3 is 1.87 bits per heavy atom. The summed E-state index contributed by atoms with van der Waals surface area (Å²) in [6.07, 6.45) is -8.03. The van der Waals surface area contributed by atoms with Crippen molar-refractivity contribution in [2.75, 3.05) is 6.61 Å². The number of ether oxygens (including phenoxy) is 4. The molecule has 55 heavy (non-hydrogen) atoms. The Morgan fingerprint density at radius 2 is 1.36 bits per heavy atom. The third-order valence-electron chi connectivity index (χ3n) is 7.89. The highest BCUT2D eigenvalue weighted by Crippen LogP contribution is 2.26. The van der Waals surface area contributed by atoms with Crippen LogP contribution in [0.15, 0.2) is 30.3 Å². The van der Waals surface area contributed by atoms with Gasteiger partial charge < -0.3 is 56.4 Å². The number of rotatable bonds is 18. The molecule has 0 saturated carbocycles. The number of hydrogen-bond donors (Lipinski definition) is 7. The second-order valence-corrected chi connectivity index (χ2v) is 13.3. The molecule has 9 atom stereocenters. The number of aliphatic hydroxyl groups excluding tert-OH is 1. The molecule has 304 valence electrons. The second kappa shape index (κ2) is 21.3. The first-order valence-electron chi connectivity index (χ1n) is 17.3. The summed E-state index contributed by atoms with van der Waals surface area (Å²) in [7, 11) is 0. The molecule has 0 unspecified atom stereocenters. The van der Waals surface area contributed by atoms with E-state index in [0.717, 1.165) is 27.7 Å². The van der Waals surface area contributed by atoms with Crippen LogP contribution in [0.1, 0.15) is 71.7 Å². The lowest BCUT2D eigenvalue weighted by Crippen LogP contribution is -2.69. The molecule has 20 nitrogen and oxygen atoms in total. The molecule has 2 rings (SSSR count). The predicted molar refractivity (Wildman–Crippen MR) is 189 cm³/mol. The maximum Gasteiger partial charge on any atom is 0.303 e. The molecule has 0 bridgehead atoms. The molecule has 6 amide bonds. The average Bonchev–Trinajstić information content (AvgIpc) is 3.07. The molecule has 1 aromatic carbocycles. The van der Waals surface area contributed by atoms with Gasteiger partial charge in [-0.25, -0.2) is 0 Å². The molecule has 20 heteroatoms. The highest BCUT2D eigenvalue weighted by molar-refractivity contribution is 6.00. The van der Waals surface area contributed by atoms with Gasteiger partial charge in [0.25, 0.3) is 5.91 Å². The lowest BCUT2D eigenvalue weighted by atomic mass is 9.94. The number of primary amides is 1. The number of nitrogens with two attached hydrogens (primary N) is 1. The zero-order valence-corrected chi connectivity index (χ0v) is 31.6. The molecule has 1 saturated heterocycles. The first-order chi connectivity index (χ1) is 25.7. The number of aliphatic hydroxyl groups is 1. The van der Waals surface area contributed by atoms with Crippen LogP contribution in [-0.2, 0) is 57.3 Å². The Morgan fingerprint density at radius 1 is 0.782 bits per heavy atom. The summed E-state index contributed by atoms with van der Waals surface area (Å²) in [6.45, 7) is 8.49. The number of carbonyl (C=O) groups excluding carboxylic acids is 9. The fraction of sp³-hybridized carbons (Fsp3) is 0.571. The highest BCUT2D eigenvalue weighted by Gasteiger charge is 2.51. The van der Waals surface area contributed by atoms with Crippen LogP contribution in [0.2, 0.25) is 0 Å². The molecular formula is C35H50N6O14. The number of amides is 6. The summed E-state index contributed by atoms with van der Waals surface area (Å²) in [5.41, 5.74) is 5.44. The number of nitrogens with one attached hydrogen (secondary N) is 5. The Kier molecular flexibility index (Phi) is 17.6. The number of hydrogen-bond acceptors (Lipinski definition) is 14. The van der Waals surface area contributed by atoms with Crippen molar-refractivity contribution in [3.05, 3.63) is 35.9 Å². The second-order valence-electron chi connectivity index (χ2n) is 13.3. The van der Waals surface area contributed by atoms with E-state index in [-0.39, 0.29) is 17.9 Å². The fourth-order valence-corrected chi connectivity index (χ4v) is 5.56. The van der Waals surface area contributed by atoms with Gasteiger partial charge in [0.2, 0.25) is 29.5 Å². The van der Waals surface area contributed by atoms with Crippen LogP contribution < -0.4 is 32.3 Å². The Balaban J connectivity index is 2.51. The van der Waals surface area contributed by atoms with Crippen molar-refractivity contribution in [3.63, 3.8) is 0 Å². The highest BCUT2D eigenvalue weighted by atomic mass is 16.6. The summed E-state index contributed by atoms with van der Waals surface area (Å²) >= 11 is 0. The minimum Gasteiger partial charge on any atom is -0.463 e. The summed E-state index contributed by atoms with van der Waals surface area (Å²) < 4.78 is 21.8. The van der Waals surface area contributed by atoms with Crippen LogP contribution in [-0.4, -0.2) is 120 Å². The van der Waals surface area contributed by atoms with E-state index in [4.69, 9.17) is 24.7 Å². The van der Waals surface area contributed by atoms with Crippen molar-refractivity contribution in [1.29, 1.82) is 0 Å². The molecule has 0 radical (unpaired) electrons. The van der Waals surface area contributed by atoms with E-state index in [1.165, 1.54) is 19.1 Å². The number of esters is 3. The van der Waals surface area contributed by atoms with Crippen LogP contribution in [0.3, 0.4) is 0 Å². The molecule has 1 heterocycles. The van der Waals surface area contributed by atoms with Crippen molar-refractivity contribution >= 4 is 53.4 Å². The van der Waals surface area contributed by atoms with Crippen LogP contribution in [0, 0.1) is 5.92 Å². The van der Waals surface area contributed by atoms with Gasteiger partial charge in [-0.1, -0.05) is 32.0 Å². The third-order valence-corrected chi connectivity index (χ3v) is 7.89. The fourth-order valence-electron chi connectivity index (χ4n) is 5.56. The lowest BCUT2D eigenvalue weighted by molar-refractivity contribution is -0.228. The van der Waals surface area contributed by atoms with Gasteiger partial charge in [0.15, 0.2) is 18.4 Å². The zero-order valence-electron chi connectivity index (χ0n) is 31.6. The van der Waals surface area contributed by atoms with Crippen LogP contribution in [0.4, 0.5) is 0 Å². The normalized spacial score (nSPS) is 21.3. The van der Waals surface area contributed by atoms with Crippen molar-refractivity contribution in [3.8, 4) is 0 Å². The average molecular weight is 779 g/mol. The molecule has 0 spiro atoms. The zero-order chi connectivity index (χ0) is 41.6. The van der Waals surface area contributed by atoms with Crippen LogP contribution in [0.5, 0.6) is 0 Å². The van der Waals surface area contributed by atoms with Gasteiger partial charge in [0.1, 0.15) is 36.9 Å². The summed E-state index contributed by atoms with van der Waals surface area (Å²) in [6, 6.07) is 1.76. The van der Waals surface area contributed by atoms with Crippen molar-refractivity contribution in [2.24, 2.45) is 11.7 Å². The van der Waals surface area contributed by atoms with Gasteiger partial charge in [-0.2, -0.15) is 0 Å². The topological polar surface area (TPSA) is 297 Å². The quantitative estimate of drug-likeness (QED) is 0.0617. The van der Waals surface area contributed by atoms with E-state index in [1.807, 2.05) is 0 Å². The Labute approximate surface area is 317 Å². The van der Waals surface area contributed by atoms with E-state index < -0.39 is 121 Å². The van der Waals surface area contributed by atoms with Gasteiger partial charge >= 0.3 is 17.9 Å². The van der Waals surface area contributed by atoms with Crippen LogP contribution >= 0.6 is 0 Å².